The normalized spacial score (nSPS) is 13.6. The van der Waals surface area contributed by atoms with E-state index in [9.17, 15) is 14.0 Å². The number of nitrogens with one attached hydrogen (secondary N) is 1. The molecule has 0 radical (unpaired) electrons. The lowest BCUT2D eigenvalue weighted by atomic mass is 10.0. The fourth-order valence-electron chi connectivity index (χ4n) is 4.36. The minimum Gasteiger partial charge on any atom is -0.326 e. The van der Waals surface area contributed by atoms with Crippen molar-refractivity contribution in [1.82, 2.24) is 0 Å². The van der Waals surface area contributed by atoms with Crippen molar-refractivity contribution in [3.63, 3.8) is 0 Å². The van der Waals surface area contributed by atoms with E-state index >= 15 is 0 Å². The fraction of sp³-hybridized carbons (Fsp3) is 0.286. The number of nitrogens with zero attached hydrogens (tertiary/aromatic N) is 1. The summed E-state index contributed by atoms with van der Waals surface area (Å²) in [4.78, 5) is 27.7. The van der Waals surface area contributed by atoms with Gasteiger partial charge in [0.1, 0.15) is 5.82 Å². The summed E-state index contributed by atoms with van der Waals surface area (Å²) >= 11 is 0. The van der Waals surface area contributed by atoms with Crippen LogP contribution in [0, 0.1) is 18.7 Å². The maximum atomic E-state index is 13.4. The largest absolute Gasteiger partial charge is 0.326 e. The lowest BCUT2D eigenvalue weighted by molar-refractivity contribution is -0.122. The van der Waals surface area contributed by atoms with Crippen molar-refractivity contribution >= 4 is 23.2 Å². The lowest BCUT2D eigenvalue weighted by Gasteiger charge is -2.27. The third-order valence-electron chi connectivity index (χ3n) is 6.30. The quantitative estimate of drug-likeness (QED) is 0.483. The van der Waals surface area contributed by atoms with Crippen LogP contribution in [0.25, 0.3) is 0 Å². The molecule has 2 amide bonds. The van der Waals surface area contributed by atoms with Gasteiger partial charge in [-0.2, -0.15) is 0 Å². The molecule has 1 aliphatic rings. The van der Waals surface area contributed by atoms with Gasteiger partial charge in [-0.3, -0.25) is 9.59 Å². The predicted octanol–water partition coefficient (Wildman–Crippen LogP) is 6.04. The summed E-state index contributed by atoms with van der Waals surface area (Å²) in [5.41, 5.74) is 4.55. The molecule has 0 bridgehead atoms. The van der Waals surface area contributed by atoms with E-state index in [0.717, 1.165) is 48.1 Å². The van der Waals surface area contributed by atoms with E-state index in [-0.39, 0.29) is 30.0 Å². The second-order valence-corrected chi connectivity index (χ2v) is 8.73. The number of anilines is 2. The molecule has 0 unspecified atom stereocenters. The highest BCUT2D eigenvalue weighted by molar-refractivity contribution is 5.95. The van der Waals surface area contributed by atoms with Crippen LogP contribution in [0.15, 0.2) is 72.8 Å². The van der Waals surface area contributed by atoms with Gasteiger partial charge in [-0.15, -0.1) is 0 Å². The van der Waals surface area contributed by atoms with Gasteiger partial charge >= 0.3 is 0 Å². The first kappa shape index (κ1) is 22.7. The van der Waals surface area contributed by atoms with Crippen LogP contribution in [0.1, 0.15) is 42.4 Å². The highest BCUT2D eigenvalue weighted by Crippen LogP contribution is 2.30. The SMILES string of the molecule is Cc1ccccc1CN(C(=O)C1CCCC1)c1ccc(CC(=O)Nc2ccc(F)cc2)cc1. The van der Waals surface area contributed by atoms with E-state index in [1.165, 1.54) is 24.3 Å². The number of rotatable bonds is 7. The molecule has 0 atom stereocenters. The molecule has 0 aromatic heterocycles. The third kappa shape index (κ3) is 5.86. The minimum absolute atomic E-state index is 0.0789. The smallest absolute Gasteiger partial charge is 0.230 e. The predicted molar refractivity (Wildman–Crippen MR) is 130 cm³/mol. The highest BCUT2D eigenvalue weighted by atomic mass is 19.1. The number of halogens is 1. The van der Waals surface area contributed by atoms with Crippen LogP contribution < -0.4 is 10.2 Å². The van der Waals surface area contributed by atoms with Crippen LogP contribution >= 0.6 is 0 Å². The molecule has 1 saturated carbocycles. The maximum Gasteiger partial charge on any atom is 0.230 e. The monoisotopic (exact) mass is 444 g/mol. The third-order valence-corrected chi connectivity index (χ3v) is 6.30. The molecule has 3 aromatic rings. The topological polar surface area (TPSA) is 49.4 Å². The molecule has 5 heteroatoms. The zero-order valence-corrected chi connectivity index (χ0v) is 18.9. The molecule has 4 rings (SSSR count). The van der Waals surface area contributed by atoms with Crippen molar-refractivity contribution in [1.29, 1.82) is 0 Å². The summed E-state index contributed by atoms with van der Waals surface area (Å²) in [6.45, 7) is 2.60. The molecule has 0 heterocycles. The number of benzene rings is 3. The van der Waals surface area contributed by atoms with E-state index in [1.807, 2.05) is 41.3 Å². The minimum atomic E-state index is -0.342. The molecule has 0 aliphatic heterocycles. The van der Waals surface area contributed by atoms with Crippen molar-refractivity contribution in [2.75, 3.05) is 10.2 Å². The number of aryl methyl sites for hydroxylation is 1. The Balaban J connectivity index is 1.48. The maximum absolute atomic E-state index is 13.4. The number of hydrogen-bond acceptors (Lipinski definition) is 2. The van der Waals surface area contributed by atoms with Crippen LogP contribution in [0.5, 0.6) is 0 Å². The van der Waals surface area contributed by atoms with E-state index in [2.05, 4.69) is 24.4 Å². The average molecular weight is 445 g/mol. The first-order valence-corrected chi connectivity index (χ1v) is 11.5. The van der Waals surface area contributed by atoms with Crippen molar-refractivity contribution in [2.45, 2.75) is 45.6 Å². The van der Waals surface area contributed by atoms with Gasteiger partial charge in [-0.1, -0.05) is 49.2 Å². The van der Waals surface area contributed by atoms with E-state index in [1.54, 1.807) is 0 Å². The molecule has 4 nitrogen and oxygen atoms in total. The van der Waals surface area contributed by atoms with Gasteiger partial charge in [-0.05, 0) is 72.9 Å². The summed E-state index contributed by atoms with van der Waals surface area (Å²) in [5, 5.41) is 2.78. The first-order valence-electron chi connectivity index (χ1n) is 11.5. The van der Waals surface area contributed by atoms with E-state index < -0.39 is 0 Å². The Morgan fingerprint density at radius 2 is 1.61 bits per heavy atom. The molecule has 33 heavy (non-hydrogen) atoms. The molecule has 170 valence electrons. The standard InChI is InChI=1S/C28H29FN2O2/c1-20-6-2-3-9-23(20)19-31(28(33)22-7-4-5-8-22)26-16-10-21(11-17-26)18-27(32)30-25-14-12-24(29)13-15-25/h2-3,6,9-17,22H,4-5,7-8,18-19H2,1H3,(H,30,32). The Labute approximate surface area is 194 Å². The fourth-order valence-corrected chi connectivity index (χ4v) is 4.36. The van der Waals surface area contributed by atoms with Crippen molar-refractivity contribution < 1.29 is 14.0 Å². The molecule has 3 aromatic carbocycles. The number of amides is 2. The Bertz CT molecular complexity index is 1100. The van der Waals surface area contributed by atoms with Crippen molar-refractivity contribution in [3.8, 4) is 0 Å². The van der Waals surface area contributed by atoms with E-state index in [0.29, 0.717) is 12.2 Å². The van der Waals surface area contributed by atoms with Crippen LogP contribution in [-0.4, -0.2) is 11.8 Å². The van der Waals surface area contributed by atoms with Crippen LogP contribution in [0.2, 0.25) is 0 Å². The molecule has 1 N–H and O–H groups in total. The Kier molecular flexibility index (Phi) is 7.18. The lowest BCUT2D eigenvalue weighted by Crippen LogP contribution is -2.35. The Morgan fingerprint density at radius 1 is 0.939 bits per heavy atom. The number of carbonyl (C=O) groups is 2. The molecule has 0 spiro atoms. The zero-order valence-electron chi connectivity index (χ0n) is 18.9. The van der Waals surface area contributed by atoms with Crippen LogP contribution in [0.4, 0.5) is 15.8 Å². The number of hydrogen-bond donors (Lipinski definition) is 1. The first-order chi connectivity index (χ1) is 16.0. The average Bonchev–Trinajstić information content (AvgIpc) is 3.35. The van der Waals surface area contributed by atoms with Crippen molar-refractivity contribution in [2.24, 2.45) is 5.92 Å². The summed E-state index contributed by atoms with van der Waals surface area (Å²) in [6.07, 6.45) is 4.31. The molecule has 1 aliphatic carbocycles. The summed E-state index contributed by atoms with van der Waals surface area (Å²) in [5.74, 6) is -0.258. The van der Waals surface area contributed by atoms with Crippen LogP contribution in [-0.2, 0) is 22.6 Å². The molecular weight excluding hydrogens is 415 g/mol. The van der Waals surface area contributed by atoms with Gasteiger partial charge in [-0.25, -0.2) is 4.39 Å². The highest BCUT2D eigenvalue weighted by Gasteiger charge is 2.28. The summed E-state index contributed by atoms with van der Waals surface area (Å²) in [7, 11) is 0. The molecule has 1 fully saturated rings. The molecular formula is C28H29FN2O2. The Morgan fingerprint density at radius 3 is 2.27 bits per heavy atom. The Hall–Kier alpha value is -3.47. The van der Waals surface area contributed by atoms with Gasteiger partial charge in [0, 0.05) is 17.3 Å². The van der Waals surface area contributed by atoms with Gasteiger partial charge in [0.05, 0.1) is 13.0 Å². The van der Waals surface area contributed by atoms with E-state index in [4.69, 9.17) is 0 Å². The number of carbonyl (C=O) groups excluding carboxylic acids is 2. The molecule has 0 saturated heterocycles. The summed E-state index contributed by atoms with van der Waals surface area (Å²) in [6, 6.07) is 21.5. The summed E-state index contributed by atoms with van der Waals surface area (Å²) < 4.78 is 13.0. The van der Waals surface area contributed by atoms with Gasteiger partial charge in [0.25, 0.3) is 0 Å². The second-order valence-electron chi connectivity index (χ2n) is 8.73. The van der Waals surface area contributed by atoms with Gasteiger partial charge in [0.2, 0.25) is 11.8 Å². The van der Waals surface area contributed by atoms with Gasteiger partial charge < -0.3 is 10.2 Å². The second kappa shape index (κ2) is 10.4. The zero-order chi connectivity index (χ0) is 23.2. The van der Waals surface area contributed by atoms with Crippen LogP contribution in [0.3, 0.4) is 0 Å². The van der Waals surface area contributed by atoms with Crippen molar-refractivity contribution in [3.05, 3.63) is 95.3 Å². The van der Waals surface area contributed by atoms with Gasteiger partial charge in [0.15, 0.2) is 0 Å².